The van der Waals surface area contributed by atoms with Crippen molar-refractivity contribution in [1.29, 1.82) is 0 Å². The van der Waals surface area contributed by atoms with Crippen molar-refractivity contribution < 1.29 is 19.3 Å². The third kappa shape index (κ3) is 4.90. The number of hydrogen-bond donors (Lipinski definition) is 1. The van der Waals surface area contributed by atoms with Crippen LogP contribution in [-0.4, -0.2) is 47.5 Å². The molecule has 1 saturated heterocycles. The Morgan fingerprint density at radius 1 is 1.18 bits per heavy atom. The summed E-state index contributed by atoms with van der Waals surface area (Å²) in [5.41, 5.74) is 1.23. The van der Waals surface area contributed by atoms with E-state index in [1.807, 2.05) is 18.3 Å². The summed E-state index contributed by atoms with van der Waals surface area (Å²) in [7, 11) is 1.70. The zero-order valence-corrected chi connectivity index (χ0v) is 17.1. The highest BCUT2D eigenvalue weighted by molar-refractivity contribution is 7.11. The fourth-order valence-corrected chi connectivity index (χ4v) is 4.89. The largest absolute Gasteiger partial charge is 0.497 e. The SMILES string of the molecule is COc1cccc(CN(Cc2ncc(C3OCCO3)s2)C2CCC(O)CC2)c1. The van der Waals surface area contributed by atoms with E-state index in [1.54, 1.807) is 18.4 Å². The van der Waals surface area contributed by atoms with E-state index in [0.717, 1.165) is 54.4 Å². The highest BCUT2D eigenvalue weighted by atomic mass is 32.1. The molecule has 1 aromatic carbocycles. The number of nitrogens with zero attached hydrogens (tertiary/aromatic N) is 2. The Labute approximate surface area is 170 Å². The van der Waals surface area contributed by atoms with Gasteiger partial charge in [0.1, 0.15) is 10.8 Å². The predicted octanol–water partition coefficient (Wildman–Crippen LogP) is 3.50. The maximum atomic E-state index is 9.91. The quantitative estimate of drug-likeness (QED) is 0.762. The lowest BCUT2D eigenvalue weighted by atomic mass is 9.91. The van der Waals surface area contributed by atoms with Crippen molar-refractivity contribution in [1.82, 2.24) is 9.88 Å². The number of aromatic nitrogens is 1. The molecule has 1 saturated carbocycles. The third-order valence-corrected chi connectivity index (χ3v) is 6.47. The van der Waals surface area contributed by atoms with Gasteiger partial charge in [0, 0.05) is 18.8 Å². The number of aliphatic hydroxyl groups is 1. The van der Waals surface area contributed by atoms with Gasteiger partial charge in [-0.05, 0) is 43.4 Å². The van der Waals surface area contributed by atoms with E-state index in [1.165, 1.54) is 5.56 Å². The van der Waals surface area contributed by atoms with Gasteiger partial charge in [0.25, 0.3) is 0 Å². The van der Waals surface area contributed by atoms with E-state index in [0.29, 0.717) is 19.3 Å². The lowest BCUT2D eigenvalue weighted by Gasteiger charge is -2.35. The molecular weight excluding hydrogens is 376 g/mol. The van der Waals surface area contributed by atoms with Crippen molar-refractivity contribution >= 4 is 11.3 Å². The summed E-state index contributed by atoms with van der Waals surface area (Å²) in [6.45, 7) is 2.91. The normalized spacial score (nSPS) is 23.4. The highest BCUT2D eigenvalue weighted by Gasteiger charge is 2.27. The first kappa shape index (κ1) is 19.8. The first-order valence-corrected chi connectivity index (χ1v) is 10.8. The van der Waals surface area contributed by atoms with Gasteiger partial charge in [-0.25, -0.2) is 4.98 Å². The van der Waals surface area contributed by atoms with E-state index < -0.39 is 0 Å². The molecule has 4 rings (SSSR count). The Hall–Kier alpha value is -1.51. The predicted molar refractivity (Wildman–Crippen MR) is 107 cm³/mol. The minimum Gasteiger partial charge on any atom is -0.497 e. The molecular formula is C21H28N2O4S. The van der Waals surface area contributed by atoms with Gasteiger partial charge >= 0.3 is 0 Å². The summed E-state index contributed by atoms with van der Waals surface area (Å²) in [5, 5.41) is 11.0. The van der Waals surface area contributed by atoms with Crippen LogP contribution >= 0.6 is 11.3 Å². The van der Waals surface area contributed by atoms with Crippen LogP contribution in [0, 0.1) is 0 Å². The van der Waals surface area contributed by atoms with Crippen molar-refractivity contribution in [3.05, 3.63) is 45.9 Å². The second-order valence-corrected chi connectivity index (χ2v) is 8.60. The zero-order chi connectivity index (χ0) is 19.3. The van der Waals surface area contributed by atoms with Crippen LogP contribution in [0.15, 0.2) is 30.5 Å². The van der Waals surface area contributed by atoms with Crippen LogP contribution in [0.4, 0.5) is 0 Å². The summed E-state index contributed by atoms with van der Waals surface area (Å²) in [6.07, 6.45) is 5.22. The molecule has 0 amide bonds. The molecule has 2 heterocycles. The fourth-order valence-electron chi connectivity index (χ4n) is 3.95. The summed E-state index contributed by atoms with van der Waals surface area (Å²) in [4.78, 5) is 8.15. The molecule has 2 aromatic rings. The molecule has 0 bridgehead atoms. The van der Waals surface area contributed by atoms with E-state index in [-0.39, 0.29) is 12.4 Å². The van der Waals surface area contributed by atoms with Gasteiger partial charge in [-0.3, -0.25) is 4.90 Å². The molecule has 1 aromatic heterocycles. The van der Waals surface area contributed by atoms with Crippen LogP contribution < -0.4 is 4.74 Å². The van der Waals surface area contributed by atoms with Crippen LogP contribution in [0.25, 0.3) is 0 Å². The monoisotopic (exact) mass is 404 g/mol. The van der Waals surface area contributed by atoms with E-state index in [9.17, 15) is 5.11 Å². The van der Waals surface area contributed by atoms with E-state index in [2.05, 4.69) is 22.0 Å². The van der Waals surface area contributed by atoms with Crippen molar-refractivity contribution in [3.8, 4) is 5.75 Å². The number of ether oxygens (including phenoxy) is 3. The number of thiazole rings is 1. The number of hydrogen-bond acceptors (Lipinski definition) is 7. The second kappa shape index (κ2) is 9.33. The molecule has 6 nitrogen and oxygen atoms in total. The van der Waals surface area contributed by atoms with Crippen LogP contribution in [0.1, 0.15) is 47.4 Å². The third-order valence-electron chi connectivity index (χ3n) is 5.47. The zero-order valence-electron chi connectivity index (χ0n) is 16.3. The van der Waals surface area contributed by atoms with Gasteiger partial charge in [-0.2, -0.15) is 0 Å². The van der Waals surface area contributed by atoms with Gasteiger partial charge in [0.2, 0.25) is 0 Å². The fraction of sp³-hybridized carbons (Fsp3) is 0.571. The molecule has 0 spiro atoms. The average molecular weight is 405 g/mol. The van der Waals surface area contributed by atoms with Gasteiger partial charge < -0.3 is 19.3 Å². The molecule has 0 unspecified atom stereocenters. The van der Waals surface area contributed by atoms with Crippen molar-refractivity contribution in [2.24, 2.45) is 0 Å². The van der Waals surface area contributed by atoms with E-state index in [4.69, 9.17) is 14.2 Å². The molecule has 2 aliphatic rings. The van der Waals surface area contributed by atoms with Gasteiger partial charge in [-0.15, -0.1) is 11.3 Å². The maximum absolute atomic E-state index is 9.91. The van der Waals surface area contributed by atoms with Crippen molar-refractivity contribution in [3.63, 3.8) is 0 Å². The Kier molecular flexibility index (Phi) is 6.59. The second-order valence-electron chi connectivity index (χ2n) is 7.45. The lowest BCUT2D eigenvalue weighted by Crippen LogP contribution is -2.38. The minimum absolute atomic E-state index is 0.155. The molecule has 1 N–H and O–H groups in total. The Morgan fingerprint density at radius 2 is 1.96 bits per heavy atom. The molecule has 1 aliphatic heterocycles. The molecule has 28 heavy (non-hydrogen) atoms. The summed E-state index contributed by atoms with van der Waals surface area (Å²) in [5.74, 6) is 0.878. The maximum Gasteiger partial charge on any atom is 0.194 e. The van der Waals surface area contributed by atoms with Crippen molar-refractivity contribution in [2.45, 2.75) is 57.2 Å². The molecule has 2 fully saturated rings. The highest BCUT2D eigenvalue weighted by Crippen LogP contribution is 2.31. The van der Waals surface area contributed by atoms with Gasteiger partial charge in [-0.1, -0.05) is 12.1 Å². The molecule has 0 radical (unpaired) electrons. The lowest BCUT2D eigenvalue weighted by molar-refractivity contribution is -0.0414. The molecule has 7 heteroatoms. The first-order valence-electron chi connectivity index (χ1n) is 9.94. The summed E-state index contributed by atoms with van der Waals surface area (Å²) in [6, 6.07) is 8.69. The van der Waals surface area contributed by atoms with Gasteiger partial charge in [0.05, 0.1) is 37.8 Å². The van der Waals surface area contributed by atoms with Crippen LogP contribution in [0.5, 0.6) is 5.75 Å². The molecule has 1 aliphatic carbocycles. The average Bonchev–Trinajstić information content (AvgIpc) is 3.40. The number of rotatable bonds is 7. The van der Waals surface area contributed by atoms with Crippen LogP contribution in [0.3, 0.4) is 0 Å². The standard InChI is InChI=1S/C21H28N2O4S/c1-25-18-4-2-3-15(11-18)13-23(16-5-7-17(24)8-6-16)14-20-22-12-19(28-20)21-26-9-10-27-21/h2-4,11-12,16-17,21,24H,5-10,13-14H2,1H3. The van der Waals surface area contributed by atoms with Crippen LogP contribution in [0.2, 0.25) is 0 Å². The molecule has 0 atom stereocenters. The number of methoxy groups -OCH3 is 1. The Bertz CT molecular complexity index is 754. The minimum atomic E-state index is -0.261. The van der Waals surface area contributed by atoms with Crippen molar-refractivity contribution in [2.75, 3.05) is 20.3 Å². The topological polar surface area (TPSA) is 64.1 Å². The molecule has 152 valence electrons. The van der Waals surface area contributed by atoms with Gasteiger partial charge in [0.15, 0.2) is 6.29 Å². The first-order chi connectivity index (χ1) is 13.7. The Balaban J connectivity index is 1.49. The van der Waals surface area contributed by atoms with E-state index >= 15 is 0 Å². The summed E-state index contributed by atoms with van der Waals surface area (Å²) < 4.78 is 16.6. The Morgan fingerprint density at radius 3 is 2.71 bits per heavy atom. The number of aliphatic hydroxyl groups excluding tert-OH is 1. The number of benzene rings is 1. The smallest absolute Gasteiger partial charge is 0.194 e. The summed E-state index contributed by atoms with van der Waals surface area (Å²) >= 11 is 1.66. The van der Waals surface area contributed by atoms with Crippen LogP contribution in [-0.2, 0) is 22.6 Å².